The van der Waals surface area contributed by atoms with Crippen LogP contribution in [0.5, 0.6) is 0 Å². The van der Waals surface area contributed by atoms with Crippen LogP contribution in [0, 0.1) is 5.92 Å². The third kappa shape index (κ3) is 4.18. The van der Waals surface area contributed by atoms with Gasteiger partial charge in [0.25, 0.3) is 0 Å². The van der Waals surface area contributed by atoms with Crippen LogP contribution in [0.25, 0.3) is 0 Å². The summed E-state index contributed by atoms with van der Waals surface area (Å²) >= 11 is 0. The second-order valence-corrected chi connectivity index (χ2v) is 5.32. The third-order valence-corrected chi connectivity index (χ3v) is 3.86. The fourth-order valence-corrected chi connectivity index (χ4v) is 2.71. The van der Waals surface area contributed by atoms with Crippen LogP contribution in [-0.4, -0.2) is 74.2 Å². The normalized spacial score (nSPS) is 24.4. The van der Waals surface area contributed by atoms with E-state index in [9.17, 15) is 9.59 Å². The van der Waals surface area contributed by atoms with Crippen molar-refractivity contribution in [3.05, 3.63) is 0 Å². The number of likely N-dealkylation sites (tertiary alicyclic amines) is 1. The number of esters is 1. The number of ether oxygens (including phenoxy) is 2. The van der Waals surface area contributed by atoms with Gasteiger partial charge in [0.2, 0.25) is 5.91 Å². The maximum absolute atomic E-state index is 12.3. The molecule has 20 heavy (non-hydrogen) atoms. The minimum Gasteiger partial charge on any atom is -0.466 e. The Balaban J connectivity index is 1.81. The predicted octanol–water partition coefficient (Wildman–Crippen LogP) is 0.120. The summed E-state index contributed by atoms with van der Waals surface area (Å²) in [7, 11) is 0. The molecule has 114 valence electrons. The van der Waals surface area contributed by atoms with Crippen LogP contribution in [0.2, 0.25) is 0 Å². The van der Waals surface area contributed by atoms with Gasteiger partial charge in [0.05, 0.1) is 32.3 Å². The third-order valence-electron chi connectivity index (χ3n) is 3.86. The molecular weight excluding hydrogens is 260 g/mol. The average molecular weight is 284 g/mol. The number of nitrogens with zero attached hydrogens (tertiary/aromatic N) is 2. The first kappa shape index (κ1) is 15.3. The Labute approximate surface area is 120 Å². The van der Waals surface area contributed by atoms with E-state index >= 15 is 0 Å². The molecule has 0 aromatic carbocycles. The maximum atomic E-state index is 12.3. The van der Waals surface area contributed by atoms with Gasteiger partial charge in [0, 0.05) is 26.2 Å². The first-order valence-electron chi connectivity index (χ1n) is 7.45. The number of amides is 1. The van der Waals surface area contributed by atoms with Crippen LogP contribution in [0.3, 0.4) is 0 Å². The van der Waals surface area contributed by atoms with E-state index in [0.717, 1.165) is 32.5 Å². The molecule has 0 saturated carbocycles. The molecule has 0 aromatic rings. The lowest BCUT2D eigenvalue weighted by molar-refractivity contribution is -0.151. The minimum absolute atomic E-state index is 0.112. The molecule has 1 unspecified atom stereocenters. The maximum Gasteiger partial charge on any atom is 0.310 e. The van der Waals surface area contributed by atoms with E-state index in [4.69, 9.17) is 9.47 Å². The van der Waals surface area contributed by atoms with Gasteiger partial charge in [-0.3, -0.25) is 14.5 Å². The molecule has 0 aliphatic carbocycles. The highest BCUT2D eigenvalue weighted by Gasteiger charge is 2.30. The highest BCUT2D eigenvalue weighted by atomic mass is 16.5. The summed E-state index contributed by atoms with van der Waals surface area (Å²) in [5, 5.41) is 0. The summed E-state index contributed by atoms with van der Waals surface area (Å²) in [6, 6.07) is 0. The lowest BCUT2D eigenvalue weighted by Gasteiger charge is -2.34. The van der Waals surface area contributed by atoms with Crippen molar-refractivity contribution < 1.29 is 19.1 Å². The molecule has 2 fully saturated rings. The zero-order valence-corrected chi connectivity index (χ0v) is 12.2. The summed E-state index contributed by atoms with van der Waals surface area (Å²) < 4.78 is 10.3. The van der Waals surface area contributed by atoms with Gasteiger partial charge in [-0.25, -0.2) is 0 Å². The molecule has 0 radical (unpaired) electrons. The number of rotatable bonds is 4. The predicted molar refractivity (Wildman–Crippen MR) is 73.2 cm³/mol. The number of hydrogen-bond donors (Lipinski definition) is 0. The molecule has 6 heteroatoms. The van der Waals surface area contributed by atoms with Gasteiger partial charge < -0.3 is 14.4 Å². The molecule has 0 N–H and O–H groups in total. The molecule has 2 saturated heterocycles. The Morgan fingerprint density at radius 1 is 1.25 bits per heavy atom. The molecule has 1 atom stereocenters. The van der Waals surface area contributed by atoms with Gasteiger partial charge in [0.1, 0.15) is 0 Å². The summed E-state index contributed by atoms with van der Waals surface area (Å²) in [5.41, 5.74) is 0. The Bertz CT molecular complexity index is 342. The van der Waals surface area contributed by atoms with Crippen molar-refractivity contribution in [1.29, 1.82) is 0 Å². The summed E-state index contributed by atoms with van der Waals surface area (Å²) in [4.78, 5) is 28.0. The average Bonchev–Trinajstić information content (AvgIpc) is 2.48. The van der Waals surface area contributed by atoms with Crippen LogP contribution < -0.4 is 0 Å². The van der Waals surface area contributed by atoms with Crippen LogP contribution in [-0.2, 0) is 19.1 Å². The zero-order chi connectivity index (χ0) is 14.4. The quantitative estimate of drug-likeness (QED) is 0.686. The van der Waals surface area contributed by atoms with E-state index in [2.05, 4.69) is 4.90 Å². The Morgan fingerprint density at radius 3 is 2.70 bits per heavy atom. The molecule has 2 heterocycles. The molecule has 2 aliphatic heterocycles. The van der Waals surface area contributed by atoms with Gasteiger partial charge in [0.15, 0.2) is 0 Å². The van der Waals surface area contributed by atoms with E-state index < -0.39 is 0 Å². The lowest BCUT2D eigenvalue weighted by atomic mass is 9.98. The van der Waals surface area contributed by atoms with Crippen molar-refractivity contribution in [3.8, 4) is 0 Å². The van der Waals surface area contributed by atoms with Crippen molar-refractivity contribution in [2.45, 2.75) is 19.8 Å². The van der Waals surface area contributed by atoms with Gasteiger partial charge in [-0.1, -0.05) is 0 Å². The van der Waals surface area contributed by atoms with Crippen molar-refractivity contribution >= 4 is 11.9 Å². The van der Waals surface area contributed by atoms with E-state index in [-0.39, 0.29) is 17.8 Å². The summed E-state index contributed by atoms with van der Waals surface area (Å²) in [6.45, 7) is 6.89. The lowest BCUT2D eigenvalue weighted by Crippen LogP contribution is -2.48. The molecule has 0 bridgehead atoms. The SMILES string of the molecule is CCOC(=O)C1CCCN(C(=O)CN2CCOCC2)C1. The Kier molecular flexibility index (Phi) is 5.79. The summed E-state index contributed by atoms with van der Waals surface area (Å²) in [5.74, 6) is -0.213. The van der Waals surface area contributed by atoms with Crippen LogP contribution >= 0.6 is 0 Å². The van der Waals surface area contributed by atoms with Crippen molar-refractivity contribution in [1.82, 2.24) is 9.80 Å². The number of hydrogen-bond acceptors (Lipinski definition) is 5. The topological polar surface area (TPSA) is 59.1 Å². The number of morpholine rings is 1. The largest absolute Gasteiger partial charge is 0.466 e. The van der Waals surface area contributed by atoms with E-state index in [1.165, 1.54) is 0 Å². The standard InChI is InChI=1S/C14H24N2O4/c1-2-20-14(18)12-4-3-5-16(10-12)13(17)11-15-6-8-19-9-7-15/h12H,2-11H2,1H3. The van der Waals surface area contributed by atoms with Gasteiger partial charge in [-0.2, -0.15) is 0 Å². The van der Waals surface area contributed by atoms with Crippen LogP contribution in [0.4, 0.5) is 0 Å². The van der Waals surface area contributed by atoms with Gasteiger partial charge in [-0.15, -0.1) is 0 Å². The van der Waals surface area contributed by atoms with Gasteiger partial charge in [-0.05, 0) is 19.8 Å². The second kappa shape index (κ2) is 7.59. The fourth-order valence-electron chi connectivity index (χ4n) is 2.71. The first-order chi connectivity index (χ1) is 9.70. The highest BCUT2D eigenvalue weighted by molar-refractivity contribution is 5.80. The molecule has 2 aliphatic rings. The molecule has 0 aromatic heterocycles. The molecule has 0 spiro atoms. The highest BCUT2D eigenvalue weighted by Crippen LogP contribution is 2.18. The van der Waals surface area contributed by atoms with Crippen molar-refractivity contribution in [3.63, 3.8) is 0 Å². The monoisotopic (exact) mass is 284 g/mol. The molecule has 6 nitrogen and oxygen atoms in total. The van der Waals surface area contributed by atoms with Crippen molar-refractivity contribution in [2.24, 2.45) is 5.92 Å². The Morgan fingerprint density at radius 2 is 2.00 bits per heavy atom. The summed E-state index contributed by atoms with van der Waals surface area (Å²) in [6.07, 6.45) is 1.69. The number of carbonyl (C=O) groups is 2. The van der Waals surface area contributed by atoms with E-state index in [1.807, 2.05) is 6.92 Å². The van der Waals surface area contributed by atoms with Crippen LogP contribution in [0.1, 0.15) is 19.8 Å². The zero-order valence-electron chi connectivity index (χ0n) is 12.2. The van der Waals surface area contributed by atoms with Crippen LogP contribution in [0.15, 0.2) is 0 Å². The molecule has 1 amide bonds. The number of carbonyl (C=O) groups excluding carboxylic acids is 2. The minimum atomic E-state index is -0.170. The second-order valence-electron chi connectivity index (χ2n) is 5.32. The fraction of sp³-hybridized carbons (Fsp3) is 0.857. The Hall–Kier alpha value is -1.14. The molecule has 2 rings (SSSR count). The first-order valence-corrected chi connectivity index (χ1v) is 7.45. The van der Waals surface area contributed by atoms with Crippen molar-refractivity contribution in [2.75, 3.05) is 52.5 Å². The van der Waals surface area contributed by atoms with Gasteiger partial charge >= 0.3 is 5.97 Å². The molecular formula is C14H24N2O4. The number of piperidine rings is 1. The van der Waals surface area contributed by atoms with E-state index in [1.54, 1.807) is 4.90 Å². The smallest absolute Gasteiger partial charge is 0.310 e. The van der Waals surface area contributed by atoms with E-state index in [0.29, 0.717) is 32.9 Å².